The summed E-state index contributed by atoms with van der Waals surface area (Å²) in [5.74, 6) is 0.950. The summed E-state index contributed by atoms with van der Waals surface area (Å²) in [6.45, 7) is 0.835. The highest BCUT2D eigenvalue weighted by Crippen LogP contribution is 2.56. The fourth-order valence-corrected chi connectivity index (χ4v) is 2.29. The molecule has 1 fully saturated rings. The largest absolute Gasteiger partial charge is 0.491 e. The fourth-order valence-electron chi connectivity index (χ4n) is 2.29. The maximum atomic E-state index is 5.87. The Hall–Kier alpha value is -1.18. The molecule has 0 radical (unpaired) electrons. The highest BCUT2D eigenvalue weighted by molar-refractivity contribution is 5.61. The van der Waals surface area contributed by atoms with Gasteiger partial charge in [-0.2, -0.15) is 0 Å². The van der Waals surface area contributed by atoms with E-state index in [4.69, 9.17) is 10.5 Å². The van der Waals surface area contributed by atoms with E-state index in [1.807, 2.05) is 12.1 Å². The Morgan fingerprint density at radius 3 is 2.85 bits per heavy atom. The summed E-state index contributed by atoms with van der Waals surface area (Å²) < 4.78 is 5.60. The minimum atomic E-state index is 0.447. The summed E-state index contributed by atoms with van der Waals surface area (Å²) in [6.07, 6.45) is 3.79. The highest BCUT2D eigenvalue weighted by atomic mass is 16.5. The standard InChI is InChI=1S/C11H13NO/c12-9-3-1-2-8-10(9)13-7-6-11(8)4-5-11/h1-3H,4-7,12H2. The predicted molar refractivity (Wildman–Crippen MR) is 51.9 cm³/mol. The molecule has 2 heteroatoms. The van der Waals surface area contributed by atoms with E-state index in [1.54, 1.807) is 0 Å². The van der Waals surface area contributed by atoms with Gasteiger partial charge in [0.25, 0.3) is 0 Å². The van der Waals surface area contributed by atoms with E-state index in [0.717, 1.165) is 18.0 Å². The molecule has 1 aliphatic carbocycles. The third-order valence-electron chi connectivity index (χ3n) is 3.30. The zero-order valence-corrected chi connectivity index (χ0v) is 7.55. The molecule has 0 unspecified atom stereocenters. The molecule has 13 heavy (non-hydrogen) atoms. The van der Waals surface area contributed by atoms with Crippen LogP contribution in [0.5, 0.6) is 5.75 Å². The quantitative estimate of drug-likeness (QED) is 0.613. The molecule has 2 N–H and O–H groups in total. The molecule has 68 valence electrons. The Balaban J connectivity index is 2.19. The van der Waals surface area contributed by atoms with E-state index in [0.29, 0.717) is 5.41 Å². The SMILES string of the molecule is Nc1cccc2c1OCCC21CC1. The molecule has 2 nitrogen and oxygen atoms in total. The number of hydrogen-bond acceptors (Lipinski definition) is 2. The number of nitrogens with two attached hydrogens (primary N) is 1. The highest BCUT2D eigenvalue weighted by Gasteiger charge is 2.47. The Labute approximate surface area is 77.7 Å². The number of fused-ring (bicyclic) bond motifs is 2. The van der Waals surface area contributed by atoms with Gasteiger partial charge in [-0.15, -0.1) is 0 Å². The van der Waals surface area contributed by atoms with Crippen molar-refractivity contribution in [1.82, 2.24) is 0 Å². The minimum absolute atomic E-state index is 0.447. The summed E-state index contributed by atoms with van der Waals surface area (Å²) >= 11 is 0. The normalized spacial score (nSPS) is 22.2. The van der Waals surface area contributed by atoms with Gasteiger partial charge in [0.05, 0.1) is 12.3 Å². The zero-order valence-electron chi connectivity index (χ0n) is 7.55. The van der Waals surface area contributed by atoms with Crippen LogP contribution >= 0.6 is 0 Å². The molecule has 3 rings (SSSR count). The van der Waals surface area contributed by atoms with Crippen molar-refractivity contribution >= 4 is 5.69 Å². The second-order valence-corrected chi connectivity index (χ2v) is 4.10. The Kier molecular flexibility index (Phi) is 1.22. The van der Waals surface area contributed by atoms with E-state index < -0.39 is 0 Å². The average Bonchev–Trinajstić information content (AvgIpc) is 2.89. The molecule has 1 saturated carbocycles. The van der Waals surface area contributed by atoms with Crippen LogP contribution in [0.25, 0.3) is 0 Å². The van der Waals surface area contributed by atoms with Crippen LogP contribution in [0.1, 0.15) is 24.8 Å². The lowest BCUT2D eigenvalue weighted by Crippen LogP contribution is -2.20. The van der Waals surface area contributed by atoms with Crippen molar-refractivity contribution in [1.29, 1.82) is 0 Å². The molecule has 1 aliphatic heterocycles. The number of para-hydroxylation sites is 1. The van der Waals surface area contributed by atoms with Gasteiger partial charge in [0.2, 0.25) is 0 Å². The number of rotatable bonds is 0. The molecule has 0 saturated heterocycles. The van der Waals surface area contributed by atoms with Crippen molar-refractivity contribution < 1.29 is 4.74 Å². The molecule has 1 aromatic rings. The Morgan fingerprint density at radius 2 is 2.08 bits per heavy atom. The molecule has 2 aliphatic rings. The smallest absolute Gasteiger partial charge is 0.145 e. The van der Waals surface area contributed by atoms with Crippen LogP contribution in [0, 0.1) is 0 Å². The molecule has 1 heterocycles. The molecule has 0 amide bonds. The predicted octanol–water partition coefficient (Wildman–Crippen LogP) is 2.08. The van der Waals surface area contributed by atoms with Crippen LogP contribution in [-0.2, 0) is 5.41 Å². The van der Waals surface area contributed by atoms with Gasteiger partial charge in [-0.25, -0.2) is 0 Å². The molecule has 1 spiro atoms. The maximum absolute atomic E-state index is 5.87. The second kappa shape index (κ2) is 2.19. The fraction of sp³-hybridized carbons (Fsp3) is 0.455. The van der Waals surface area contributed by atoms with Crippen molar-refractivity contribution in [3.8, 4) is 5.75 Å². The third kappa shape index (κ3) is 0.886. The summed E-state index contributed by atoms with van der Waals surface area (Å²) in [5, 5.41) is 0. The maximum Gasteiger partial charge on any atom is 0.145 e. The average molecular weight is 175 g/mol. The first kappa shape index (κ1) is 7.25. The molecule has 1 aromatic carbocycles. The Bertz CT molecular complexity index is 355. The van der Waals surface area contributed by atoms with E-state index in [9.17, 15) is 0 Å². The summed E-state index contributed by atoms with van der Waals surface area (Å²) in [7, 11) is 0. The second-order valence-electron chi connectivity index (χ2n) is 4.10. The number of ether oxygens (including phenoxy) is 1. The van der Waals surface area contributed by atoms with Crippen LogP contribution in [0.15, 0.2) is 18.2 Å². The minimum Gasteiger partial charge on any atom is -0.491 e. The lowest BCUT2D eigenvalue weighted by molar-refractivity contribution is 0.262. The van der Waals surface area contributed by atoms with E-state index in [1.165, 1.54) is 24.8 Å². The van der Waals surface area contributed by atoms with E-state index >= 15 is 0 Å². The monoisotopic (exact) mass is 175 g/mol. The van der Waals surface area contributed by atoms with E-state index in [-0.39, 0.29) is 0 Å². The van der Waals surface area contributed by atoms with Crippen molar-refractivity contribution in [3.63, 3.8) is 0 Å². The lowest BCUT2D eigenvalue weighted by Gasteiger charge is -2.26. The van der Waals surface area contributed by atoms with Crippen molar-refractivity contribution in [2.45, 2.75) is 24.7 Å². The van der Waals surface area contributed by atoms with Crippen molar-refractivity contribution in [3.05, 3.63) is 23.8 Å². The molecule has 0 aromatic heterocycles. The van der Waals surface area contributed by atoms with Gasteiger partial charge in [-0.1, -0.05) is 12.1 Å². The van der Waals surface area contributed by atoms with Gasteiger partial charge >= 0.3 is 0 Å². The molecular formula is C11H13NO. The van der Waals surface area contributed by atoms with Gasteiger partial charge in [0.1, 0.15) is 5.75 Å². The van der Waals surface area contributed by atoms with E-state index in [2.05, 4.69) is 6.07 Å². The topological polar surface area (TPSA) is 35.2 Å². The van der Waals surface area contributed by atoms with Crippen LogP contribution < -0.4 is 10.5 Å². The van der Waals surface area contributed by atoms with Gasteiger partial charge in [-0.05, 0) is 25.3 Å². The van der Waals surface area contributed by atoms with Crippen molar-refractivity contribution in [2.24, 2.45) is 0 Å². The van der Waals surface area contributed by atoms with Crippen LogP contribution in [0.4, 0.5) is 5.69 Å². The first-order valence-electron chi connectivity index (χ1n) is 4.84. The molecule has 0 bridgehead atoms. The van der Waals surface area contributed by atoms with Crippen LogP contribution in [0.3, 0.4) is 0 Å². The van der Waals surface area contributed by atoms with Crippen LogP contribution in [-0.4, -0.2) is 6.61 Å². The Morgan fingerprint density at radius 1 is 1.23 bits per heavy atom. The molecule has 0 atom stereocenters. The van der Waals surface area contributed by atoms with Gasteiger partial charge in [-0.3, -0.25) is 0 Å². The zero-order chi connectivity index (χ0) is 8.89. The number of hydrogen-bond donors (Lipinski definition) is 1. The van der Waals surface area contributed by atoms with Crippen molar-refractivity contribution in [2.75, 3.05) is 12.3 Å². The first-order valence-corrected chi connectivity index (χ1v) is 4.84. The number of anilines is 1. The third-order valence-corrected chi connectivity index (χ3v) is 3.30. The number of benzene rings is 1. The lowest BCUT2D eigenvalue weighted by atomic mass is 9.89. The van der Waals surface area contributed by atoms with Gasteiger partial charge in [0.15, 0.2) is 0 Å². The van der Waals surface area contributed by atoms with Gasteiger partial charge in [0, 0.05) is 11.0 Å². The van der Waals surface area contributed by atoms with Crippen LogP contribution in [0.2, 0.25) is 0 Å². The van der Waals surface area contributed by atoms with Gasteiger partial charge < -0.3 is 10.5 Å². The summed E-state index contributed by atoms with van der Waals surface area (Å²) in [5.41, 5.74) is 8.45. The summed E-state index contributed by atoms with van der Waals surface area (Å²) in [6, 6.07) is 6.11. The summed E-state index contributed by atoms with van der Waals surface area (Å²) in [4.78, 5) is 0. The molecular weight excluding hydrogens is 162 g/mol. The number of nitrogen functional groups attached to an aromatic ring is 1. The first-order chi connectivity index (χ1) is 6.32.